The third-order valence-electron chi connectivity index (χ3n) is 9.70. The molecule has 0 aliphatic carbocycles. The second-order valence-corrected chi connectivity index (χ2v) is 14.5. The molecule has 1 heterocycles. The van der Waals surface area contributed by atoms with Crippen LogP contribution in [0.3, 0.4) is 0 Å². The molecule has 0 spiro atoms. The van der Waals surface area contributed by atoms with Crippen LogP contribution in [-0.2, 0) is 30.9 Å². The van der Waals surface area contributed by atoms with Crippen molar-refractivity contribution in [1.29, 1.82) is 0 Å². The van der Waals surface area contributed by atoms with E-state index in [1.165, 1.54) is 55.6 Å². The molecule has 6 aromatic carbocycles. The Morgan fingerprint density at radius 3 is 1.52 bits per heavy atom. The summed E-state index contributed by atoms with van der Waals surface area (Å²) in [5.74, 6) is 0. The van der Waals surface area contributed by atoms with Gasteiger partial charge in [0.25, 0.3) is 0 Å². The van der Waals surface area contributed by atoms with Crippen LogP contribution in [0.25, 0.3) is 55.8 Å². The predicted octanol–water partition coefficient (Wildman–Crippen LogP) is 12.8. The molecule has 2 heteroatoms. The van der Waals surface area contributed by atoms with Crippen molar-refractivity contribution in [1.82, 2.24) is 4.98 Å². The van der Waals surface area contributed by atoms with Crippen LogP contribution < -0.4 is 0 Å². The number of nitrogens with zero attached hydrogens (tertiary/aromatic N) is 1. The molecule has 0 saturated heterocycles. The van der Waals surface area contributed by atoms with E-state index in [0.29, 0.717) is 0 Å². The third-order valence-corrected chi connectivity index (χ3v) is 9.70. The molecule has 0 saturated carbocycles. The minimum absolute atomic E-state index is 0. The van der Waals surface area contributed by atoms with Crippen LogP contribution in [-0.4, -0.2) is 4.98 Å². The van der Waals surface area contributed by atoms with Crippen molar-refractivity contribution in [2.24, 2.45) is 0 Å². The summed E-state index contributed by atoms with van der Waals surface area (Å²) < 4.78 is 0. The SMILES string of the molecule is CC(C)(C)c1cc(-c2cccc(-c3ccc(C(C)(C)c4ccccc4)cc3)c2)cc(-c2cccc(-c3cc[c-]c(-c4ccccn4)c3)c2)c1.[Ir]. The summed E-state index contributed by atoms with van der Waals surface area (Å²) in [5.41, 5.74) is 15.4. The Bertz CT molecular complexity index is 2210. The largest absolute Gasteiger partial charge is 0.305 e. The number of hydrogen-bond donors (Lipinski definition) is 0. The van der Waals surface area contributed by atoms with Crippen LogP contribution in [0.5, 0.6) is 0 Å². The molecule has 7 aromatic rings. The summed E-state index contributed by atoms with van der Waals surface area (Å²) in [7, 11) is 0. The van der Waals surface area contributed by atoms with Gasteiger partial charge in [-0.2, -0.15) is 0 Å². The Balaban J connectivity index is 0.00000432. The average molecular weight is 825 g/mol. The zero-order chi connectivity index (χ0) is 34.0. The van der Waals surface area contributed by atoms with Crippen molar-refractivity contribution in [2.75, 3.05) is 0 Å². The molecule has 249 valence electrons. The predicted molar refractivity (Wildman–Crippen MR) is 208 cm³/mol. The zero-order valence-electron chi connectivity index (χ0n) is 29.4. The Morgan fingerprint density at radius 2 is 0.940 bits per heavy atom. The maximum absolute atomic E-state index is 4.54. The van der Waals surface area contributed by atoms with E-state index in [1.807, 2.05) is 30.5 Å². The summed E-state index contributed by atoms with van der Waals surface area (Å²) in [4.78, 5) is 4.54. The maximum Gasteiger partial charge on any atom is 0.0160 e. The first kappa shape index (κ1) is 35.0. The van der Waals surface area contributed by atoms with Crippen molar-refractivity contribution in [3.8, 4) is 55.8 Å². The summed E-state index contributed by atoms with van der Waals surface area (Å²) in [6, 6.07) is 60.4. The van der Waals surface area contributed by atoms with Gasteiger partial charge in [0.1, 0.15) is 0 Å². The van der Waals surface area contributed by atoms with Crippen molar-refractivity contribution in [3.63, 3.8) is 0 Å². The van der Waals surface area contributed by atoms with Crippen LogP contribution in [0.2, 0.25) is 0 Å². The summed E-state index contributed by atoms with van der Waals surface area (Å²) >= 11 is 0. The zero-order valence-corrected chi connectivity index (χ0v) is 31.8. The molecule has 50 heavy (non-hydrogen) atoms. The molecule has 1 radical (unpaired) electrons. The molecule has 0 fully saturated rings. The van der Waals surface area contributed by atoms with Crippen LogP contribution in [0.4, 0.5) is 0 Å². The monoisotopic (exact) mass is 825 g/mol. The molecule has 0 N–H and O–H groups in total. The van der Waals surface area contributed by atoms with Gasteiger partial charge in [0.05, 0.1) is 0 Å². The van der Waals surface area contributed by atoms with Crippen molar-refractivity contribution < 1.29 is 20.1 Å². The van der Waals surface area contributed by atoms with E-state index in [4.69, 9.17) is 0 Å². The fourth-order valence-corrected chi connectivity index (χ4v) is 6.57. The first-order valence-electron chi connectivity index (χ1n) is 17.1. The molecule has 7 rings (SSSR count). The molecule has 0 unspecified atom stereocenters. The molecule has 0 aliphatic rings. The van der Waals surface area contributed by atoms with Crippen LogP contribution in [0.15, 0.2) is 164 Å². The Hall–Kier alpha value is -4.88. The van der Waals surface area contributed by atoms with E-state index >= 15 is 0 Å². The van der Waals surface area contributed by atoms with Crippen LogP contribution >= 0.6 is 0 Å². The Kier molecular flexibility index (Phi) is 10.2. The normalized spacial score (nSPS) is 11.5. The number of benzene rings is 6. The molecule has 0 atom stereocenters. The standard InChI is InChI=1S/C48H42N.Ir/c1-47(2,3)45-32-41(38-17-11-14-35(28-38)34-23-25-44(26-24-34)48(4,5)43-20-7-6-8-21-43)31-42(33-45)39-18-12-15-36(29-39)37-16-13-19-40(30-37)46-22-9-10-27-49-46;/h6-18,20-33H,1-5H3;/q-1;. The Labute approximate surface area is 311 Å². The summed E-state index contributed by atoms with van der Waals surface area (Å²) in [6.45, 7) is 11.5. The third kappa shape index (κ3) is 7.48. The smallest absolute Gasteiger partial charge is 0.0160 e. The number of pyridine rings is 1. The van der Waals surface area contributed by atoms with Crippen molar-refractivity contribution >= 4 is 0 Å². The van der Waals surface area contributed by atoms with E-state index < -0.39 is 0 Å². The summed E-state index contributed by atoms with van der Waals surface area (Å²) in [6.07, 6.45) is 1.83. The maximum atomic E-state index is 4.54. The van der Waals surface area contributed by atoms with Crippen molar-refractivity contribution in [3.05, 3.63) is 187 Å². The molecule has 0 amide bonds. The van der Waals surface area contributed by atoms with Gasteiger partial charge in [-0.05, 0) is 91.0 Å². The number of hydrogen-bond acceptors (Lipinski definition) is 1. The first-order chi connectivity index (χ1) is 23.6. The fourth-order valence-electron chi connectivity index (χ4n) is 6.57. The molecular weight excluding hydrogens is 783 g/mol. The van der Waals surface area contributed by atoms with Gasteiger partial charge in [0.15, 0.2) is 0 Å². The molecule has 1 aromatic heterocycles. The number of aromatic nitrogens is 1. The molecule has 0 bridgehead atoms. The second-order valence-electron chi connectivity index (χ2n) is 14.5. The van der Waals surface area contributed by atoms with Crippen LogP contribution in [0.1, 0.15) is 51.3 Å². The van der Waals surface area contributed by atoms with Gasteiger partial charge >= 0.3 is 0 Å². The van der Waals surface area contributed by atoms with E-state index in [2.05, 4.69) is 179 Å². The van der Waals surface area contributed by atoms with Crippen molar-refractivity contribution in [2.45, 2.75) is 45.4 Å². The van der Waals surface area contributed by atoms with Gasteiger partial charge in [-0.15, -0.1) is 35.4 Å². The minimum Gasteiger partial charge on any atom is -0.305 e. The topological polar surface area (TPSA) is 12.9 Å². The van der Waals surface area contributed by atoms with Gasteiger partial charge in [-0.1, -0.05) is 150 Å². The van der Waals surface area contributed by atoms with Crippen LogP contribution in [0, 0.1) is 6.07 Å². The quantitative estimate of drug-likeness (QED) is 0.146. The van der Waals surface area contributed by atoms with Gasteiger partial charge < -0.3 is 4.98 Å². The average Bonchev–Trinajstić information content (AvgIpc) is 3.15. The number of rotatable bonds is 7. The minimum atomic E-state index is -0.0664. The van der Waals surface area contributed by atoms with E-state index in [1.54, 1.807) is 0 Å². The van der Waals surface area contributed by atoms with Gasteiger partial charge in [-0.25, -0.2) is 0 Å². The summed E-state index contributed by atoms with van der Waals surface area (Å²) in [5, 5.41) is 0. The van der Waals surface area contributed by atoms with Gasteiger partial charge in [-0.3, -0.25) is 0 Å². The first-order valence-corrected chi connectivity index (χ1v) is 17.1. The second kappa shape index (κ2) is 14.5. The van der Waals surface area contributed by atoms with E-state index in [9.17, 15) is 0 Å². The fraction of sp³-hybridized carbons (Fsp3) is 0.146. The molecule has 0 aliphatic heterocycles. The molecular formula is C48H42IrN-. The van der Waals surface area contributed by atoms with E-state index in [-0.39, 0.29) is 30.9 Å². The van der Waals surface area contributed by atoms with Gasteiger partial charge in [0.2, 0.25) is 0 Å². The Morgan fingerprint density at radius 1 is 0.420 bits per heavy atom. The molecule has 1 nitrogen and oxygen atoms in total. The van der Waals surface area contributed by atoms with E-state index in [0.717, 1.165) is 16.8 Å². The van der Waals surface area contributed by atoms with Gasteiger partial charge in [0, 0.05) is 31.7 Å².